The average molecular weight is 397 g/mol. The number of hydrogen-bond acceptors (Lipinski definition) is 4. The third kappa shape index (κ3) is 4.49. The quantitative estimate of drug-likeness (QED) is 0.621. The minimum absolute atomic E-state index is 0.0122. The maximum atomic E-state index is 12.8. The Hall–Kier alpha value is -2.70. The first-order chi connectivity index (χ1) is 13.8. The van der Waals surface area contributed by atoms with E-state index in [2.05, 4.69) is 47.7 Å². The van der Waals surface area contributed by atoms with E-state index in [0.717, 1.165) is 34.8 Å². The van der Waals surface area contributed by atoms with Crippen LogP contribution in [0.1, 0.15) is 69.8 Å². The largest absolute Gasteiger partial charge is 0.346 e. The Bertz CT molecular complexity index is 987. The highest BCUT2D eigenvalue weighted by atomic mass is 16.1. The van der Waals surface area contributed by atoms with Crippen molar-refractivity contribution in [1.29, 1.82) is 0 Å². The second kappa shape index (κ2) is 8.76. The number of hydrogen-bond donors (Lipinski definition) is 1. The van der Waals surface area contributed by atoms with Crippen LogP contribution in [0.2, 0.25) is 0 Å². The number of imidazole rings is 1. The summed E-state index contributed by atoms with van der Waals surface area (Å²) in [5, 5.41) is 7.69. The molecule has 1 amide bonds. The summed E-state index contributed by atoms with van der Waals surface area (Å²) in [4.78, 5) is 22.2. The van der Waals surface area contributed by atoms with Crippen LogP contribution in [0.4, 0.5) is 0 Å². The number of aryl methyl sites for hydroxylation is 3. The van der Waals surface area contributed by atoms with Crippen molar-refractivity contribution in [2.45, 2.75) is 73.0 Å². The first kappa shape index (κ1) is 21.0. The van der Waals surface area contributed by atoms with Gasteiger partial charge in [-0.25, -0.2) is 9.97 Å². The van der Waals surface area contributed by atoms with E-state index in [4.69, 9.17) is 4.98 Å². The predicted octanol–water partition coefficient (Wildman–Crippen LogP) is 4.12. The zero-order valence-electron chi connectivity index (χ0n) is 18.3. The molecule has 29 heavy (non-hydrogen) atoms. The summed E-state index contributed by atoms with van der Waals surface area (Å²) in [6.07, 6.45) is 3.12. The number of carbonyl (C=O) groups excluding carboxylic acids is 1. The molecule has 0 unspecified atom stereocenters. The molecule has 0 spiro atoms. The fraction of sp³-hybridized carbons (Fsp3) is 0.545. The van der Waals surface area contributed by atoms with Gasteiger partial charge in [-0.2, -0.15) is 5.10 Å². The van der Waals surface area contributed by atoms with Crippen LogP contribution >= 0.6 is 0 Å². The first-order valence-corrected chi connectivity index (χ1v) is 10.4. The van der Waals surface area contributed by atoms with Crippen molar-refractivity contribution >= 4 is 17.1 Å². The highest BCUT2D eigenvalue weighted by Crippen LogP contribution is 2.29. The van der Waals surface area contributed by atoms with Gasteiger partial charge in [0.15, 0.2) is 5.65 Å². The lowest BCUT2D eigenvalue weighted by atomic mass is 9.98. The lowest BCUT2D eigenvalue weighted by molar-refractivity contribution is -0.122. The molecule has 0 saturated heterocycles. The Morgan fingerprint density at radius 2 is 2.00 bits per heavy atom. The maximum Gasteiger partial charge on any atom is 0.222 e. The van der Waals surface area contributed by atoms with E-state index in [9.17, 15) is 4.79 Å². The van der Waals surface area contributed by atoms with Crippen LogP contribution in [0, 0.1) is 19.8 Å². The van der Waals surface area contributed by atoms with Crippen molar-refractivity contribution < 1.29 is 4.79 Å². The molecule has 1 N–H and O–H groups in total. The number of aromatic nitrogens is 5. The Morgan fingerprint density at radius 3 is 2.62 bits per heavy atom. The predicted molar refractivity (Wildman–Crippen MR) is 115 cm³/mol. The molecule has 156 valence electrons. The molecule has 7 nitrogen and oxygen atoms in total. The van der Waals surface area contributed by atoms with Crippen LogP contribution in [-0.4, -0.2) is 30.2 Å². The SMILES string of the molecule is CC[C@@H](C)[C@@H](NC(=O)CCn1nc(C)cc1C)c1nc2cccnc2n1C(C)C. The summed E-state index contributed by atoms with van der Waals surface area (Å²) in [5.74, 6) is 1.14. The highest BCUT2D eigenvalue weighted by molar-refractivity contribution is 5.77. The van der Waals surface area contributed by atoms with Gasteiger partial charge in [0.1, 0.15) is 11.3 Å². The first-order valence-electron chi connectivity index (χ1n) is 10.4. The van der Waals surface area contributed by atoms with Crippen LogP contribution in [0.5, 0.6) is 0 Å². The van der Waals surface area contributed by atoms with E-state index >= 15 is 0 Å². The highest BCUT2D eigenvalue weighted by Gasteiger charge is 2.27. The number of carbonyl (C=O) groups is 1. The molecular formula is C22H32N6O. The van der Waals surface area contributed by atoms with Gasteiger partial charge in [0, 0.05) is 30.9 Å². The molecule has 0 aromatic carbocycles. The van der Waals surface area contributed by atoms with Crippen molar-refractivity contribution in [1.82, 2.24) is 29.6 Å². The summed E-state index contributed by atoms with van der Waals surface area (Å²) in [7, 11) is 0. The number of nitrogens with one attached hydrogen (secondary N) is 1. The van der Waals surface area contributed by atoms with E-state index in [1.165, 1.54) is 0 Å². The number of pyridine rings is 1. The molecule has 0 aliphatic carbocycles. The topological polar surface area (TPSA) is 77.6 Å². The molecule has 3 aromatic rings. The molecule has 0 bridgehead atoms. The summed E-state index contributed by atoms with van der Waals surface area (Å²) in [6, 6.07) is 5.93. The Labute approximate surface area is 172 Å². The fourth-order valence-electron chi connectivity index (χ4n) is 3.73. The number of fused-ring (bicyclic) bond motifs is 1. The van der Waals surface area contributed by atoms with Crippen molar-refractivity contribution in [3.05, 3.63) is 41.6 Å². The van der Waals surface area contributed by atoms with Gasteiger partial charge >= 0.3 is 0 Å². The van der Waals surface area contributed by atoms with E-state index in [1.807, 2.05) is 36.7 Å². The van der Waals surface area contributed by atoms with Gasteiger partial charge in [0.25, 0.3) is 0 Å². The van der Waals surface area contributed by atoms with Crippen LogP contribution in [0.25, 0.3) is 11.2 Å². The van der Waals surface area contributed by atoms with Crippen molar-refractivity contribution in [2.24, 2.45) is 5.92 Å². The van der Waals surface area contributed by atoms with Gasteiger partial charge < -0.3 is 9.88 Å². The lowest BCUT2D eigenvalue weighted by Gasteiger charge is -2.26. The van der Waals surface area contributed by atoms with Crippen molar-refractivity contribution in [2.75, 3.05) is 0 Å². The minimum Gasteiger partial charge on any atom is -0.346 e. The number of amides is 1. The smallest absolute Gasteiger partial charge is 0.222 e. The van der Waals surface area contributed by atoms with E-state index in [0.29, 0.717) is 13.0 Å². The van der Waals surface area contributed by atoms with Crippen LogP contribution in [0.3, 0.4) is 0 Å². The summed E-state index contributed by atoms with van der Waals surface area (Å²) in [5.41, 5.74) is 3.77. The molecule has 0 aliphatic heterocycles. The second-order valence-corrected chi connectivity index (χ2v) is 8.11. The lowest BCUT2D eigenvalue weighted by Crippen LogP contribution is -2.35. The molecule has 3 rings (SSSR count). The Morgan fingerprint density at radius 1 is 1.24 bits per heavy atom. The third-order valence-electron chi connectivity index (χ3n) is 5.45. The van der Waals surface area contributed by atoms with E-state index in [-0.39, 0.29) is 23.9 Å². The van der Waals surface area contributed by atoms with Gasteiger partial charge in [0.05, 0.1) is 11.7 Å². The molecular weight excluding hydrogens is 364 g/mol. The molecule has 2 atom stereocenters. The van der Waals surface area contributed by atoms with Crippen molar-refractivity contribution in [3.8, 4) is 0 Å². The van der Waals surface area contributed by atoms with Gasteiger partial charge in [-0.15, -0.1) is 0 Å². The average Bonchev–Trinajstić information content (AvgIpc) is 3.22. The molecule has 0 aliphatic rings. The number of nitrogens with zero attached hydrogens (tertiary/aromatic N) is 5. The Balaban J connectivity index is 1.85. The summed E-state index contributed by atoms with van der Waals surface area (Å²) >= 11 is 0. The molecule has 0 radical (unpaired) electrons. The van der Waals surface area contributed by atoms with Gasteiger partial charge in [-0.05, 0) is 51.8 Å². The summed E-state index contributed by atoms with van der Waals surface area (Å²) < 4.78 is 4.04. The second-order valence-electron chi connectivity index (χ2n) is 8.11. The summed E-state index contributed by atoms with van der Waals surface area (Å²) in [6.45, 7) is 13.1. The van der Waals surface area contributed by atoms with Crippen LogP contribution in [0.15, 0.2) is 24.4 Å². The van der Waals surface area contributed by atoms with Gasteiger partial charge in [-0.1, -0.05) is 20.3 Å². The maximum absolute atomic E-state index is 12.8. The zero-order chi connectivity index (χ0) is 21.1. The van der Waals surface area contributed by atoms with Crippen molar-refractivity contribution in [3.63, 3.8) is 0 Å². The van der Waals surface area contributed by atoms with Crippen LogP contribution < -0.4 is 5.32 Å². The molecule has 7 heteroatoms. The standard InChI is InChI=1S/C22H32N6O/c1-7-15(4)20(25-19(29)10-12-27-17(6)13-16(5)26-27)22-24-18-9-8-11-23-21(18)28(22)14(2)3/h8-9,11,13-15,20H,7,10,12H2,1-6H3,(H,25,29)/t15-,20-/m1/s1. The molecule has 3 aromatic heterocycles. The minimum atomic E-state index is -0.162. The molecule has 3 heterocycles. The monoisotopic (exact) mass is 396 g/mol. The molecule has 0 fully saturated rings. The molecule has 0 saturated carbocycles. The van der Waals surface area contributed by atoms with E-state index < -0.39 is 0 Å². The third-order valence-corrected chi connectivity index (χ3v) is 5.45. The van der Waals surface area contributed by atoms with E-state index in [1.54, 1.807) is 6.20 Å². The van der Waals surface area contributed by atoms with Gasteiger partial charge in [0.2, 0.25) is 5.91 Å². The normalized spacial score (nSPS) is 13.8. The fourth-order valence-corrected chi connectivity index (χ4v) is 3.73. The Kier molecular flexibility index (Phi) is 6.35. The van der Waals surface area contributed by atoms with Crippen LogP contribution in [-0.2, 0) is 11.3 Å². The number of rotatable bonds is 8. The van der Waals surface area contributed by atoms with Gasteiger partial charge in [-0.3, -0.25) is 9.48 Å². The zero-order valence-corrected chi connectivity index (χ0v) is 18.3.